The van der Waals surface area contributed by atoms with Crippen LogP contribution in [0.25, 0.3) is 0 Å². The smallest absolute Gasteiger partial charge is 0.216 e. The second-order valence-electron chi connectivity index (χ2n) is 4.08. The molecule has 0 aliphatic carbocycles. The van der Waals surface area contributed by atoms with Crippen molar-refractivity contribution in [2.24, 2.45) is 5.73 Å². The van der Waals surface area contributed by atoms with Gasteiger partial charge in [-0.15, -0.1) is 0 Å². The molecule has 0 bridgehead atoms. The van der Waals surface area contributed by atoms with Crippen molar-refractivity contribution < 1.29 is 13.2 Å². The minimum Gasteiger partial charge on any atom is -0.356 e. The van der Waals surface area contributed by atoms with Crippen LogP contribution in [0.4, 0.5) is 0 Å². The first-order valence-electron chi connectivity index (χ1n) is 5.46. The lowest BCUT2D eigenvalue weighted by molar-refractivity contribution is -0.118. The highest BCUT2D eigenvalue weighted by molar-refractivity contribution is 7.90. The van der Waals surface area contributed by atoms with Gasteiger partial charge in [0.1, 0.15) is 0 Å². The Hall–Kier alpha value is -1.47. The Morgan fingerprint density at radius 1 is 1.56 bits per heavy atom. The topological polar surface area (TPSA) is 102 Å². The van der Waals surface area contributed by atoms with Crippen LogP contribution in [-0.2, 0) is 14.6 Å². The number of nitrogens with one attached hydrogen (secondary N) is 1. The number of nitrogens with two attached hydrogens (primary N) is 1. The average Bonchev–Trinajstić information content (AvgIpc) is 2.27. The third-order valence-electron chi connectivity index (χ3n) is 2.40. The van der Waals surface area contributed by atoms with Gasteiger partial charge in [-0.25, -0.2) is 13.4 Å². The van der Waals surface area contributed by atoms with Crippen molar-refractivity contribution in [1.29, 1.82) is 0 Å². The van der Waals surface area contributed by atoms with E-state index < -0.39 is 9.84 Å². The Bertz CT molecular complexity index is 528. The van der Waals surface area contributed by atoms with Gasteiger partial charge in [-0.1, -0.05) is 0 Å². The van der Waals surface area contributed by atoms with E-state index in [-0.39, 0.29) is 17.0 Å². The predicted octanol–water partition coefficient (Wildman–Crippen LogP) is 0.0111. The number of nitrogens with zero attached hydrogens (tertiary/aromatic N) is 1. The van der Waals surface area contributed by atoms with Crippen LogP contribution in [0.15, 0.2) is 23.4 Å². The molecule has 1 rings (SSSR count). The standard InChI is InChI=1S/C11H17N3O3S/c1-8(15)13-6-4-10(12)9-3-5-14-11(7-9)18(2,16)17/h3,5,7,10H,4,6,12H2,1-2H3,(H,13,15)/t10-/m0/s1. The van der Waals surface area contributed by atoms with Gasteiger partial charge in [0, 0.05) is 32.0 Å². The number of carbonyl (C=O) groups is 1. The van der Waals surface area contributed by atoms with Gasteiger partial charge in [0.25, 0.3) is 0 Å². The fraction of sp³-hybridized carbons (Fsp3) is 0.455. The van der Waals surface area contributed by atoms with Crippen molar-refractivity contribution in [2.45, 2.75) is 24.4 Å². The Kier molecular flexibility index (Phi) is 4.80. The molecule has 7 heteroatoms. The molecule has 0 aliphatic heterocycles. The zero-order valence-electron chi connectivity index (χ0n) is 10.4. The molecule has 6 nitrogen and oxygen atoms in total. The summed E-state index contributed by atoms with van der Waals surface area (Å²) >= 11 is 0. The third-order valence-corrected chi connectivity index (χ3v) is 3.38. The second kappa shape index (κ2) is 5.92. The summed E-state index contributed by atoms with van der Waals surface area (Å²) in [6.45, 7) is 1.88. The molecule has 3 N–H and O–H groups in total. The first-order valence-corrected chi connectivity index (χ1v) is 7.36. The molecule has 100 valence electrons. The van der Waals surface area contributed by atoms with Gasteiger partial charge >= 0.3 is 0 Å². The minimum absolute atomic E-state index is 0.00924. The molecule has 0 saturated heterocycles. The van der Waals surface area contributed by atoms with Crippen molar-refractivity contribution in [1.82, 2.24) is 10.3 Å². The van der Waals surface area contributed by atoms with Gasteiger partial charge in [-0.2, -0.15) is 0 Å². The molecule has 0 radical (unpaired) electrons. The number of pyridine rings is 1. The summed E-state index contributed by atoms with van der Waals surface area (Å²) in [5.41, 5.74) is 6.61. The van der Waals surface area contributed by atoms with Crippen LogP contribution in [0.1, 0.15) is 24.9 Å². The van der Waals surface area contributed by atoms with Gasteiger partial charge in [0.2, 0.25) is 5.91 Å². The molecule has 0 aromatic carbocycles. The van der Waals surface area contributed by atoms with Crippen LogP contribution in [0, 0.1) is 0 Å². The lowest BCUT2D eigenvalue weighted by atomic mass is 10.1. The summed E-state index contributed by atoms with van der Waals surface area (Å²) in [6.07, 6.45) is 3.05. The van der Waals surface area contributed by atoms with Gasteiger partial charge in [0.15, 0.2) is 14.9 Å². The van der Waals surface area contributed by atoms with Crippen molar-refractivity contribution in [2.75, 3.05) is 12.8 Å². The molecule has 1 aromatic heterocycles. The molecular formula is C11H17N3O3S. The maximum atomic E-state index is 11.4. The summed E-state index contributed by atoms with van der Waals surface area (Å²) in [5, 5.41) is 2.65. The quantitative estimate of drug-likeness (QED) is 0.785. The lowest BCUT2D eigenvalue weighted by Gasteiger charge is -2.12. The number of hydrogen-bond acceptors (Lipinski definition) is 5. The van der Waals surface area contributed by atoms with Crippen molar-refractivity contribution in [3.05, 3.63) is 23.9 Å². The Labute approximate surface area is 107 Å². The summed E-state index contributed by atoms with van der Waals surface area (Å²) in [5.74, 6) is -0.117. The van der Waals surface area contributed by atoms with Crippen LogP contribution < -0.4 is 11.1 Å². The predicted molar refractivity (Wildman–Crippen MR) is 67.6 cm³/mol. The first-order chi connectivity index (χ1) is 8.30. The van der Waals surface area contributed by atoms with E-state index >= 15 is 0 Å². The number of carbonyl (C=O) groups excluding carboxylic acids is 1. The van der Waals surface area contributed by atoms with Crippen LogP contribution in [0.3, 0.4) is 0 Å². The van der Waals surface area contributed by atoms with E-state index in [1.165, 1.54) is 19.2 Å². The molecule has 1 aromatic rings. The number of hydrogen-bond donors (Lipinski definition) is 2. The molecule has 0 saturated carbocycles. The molecule has 1 amide bonds. The highest BCUT2D eigenvalue weighted by Gasteiger charge is 2.12. The molecule has 18 heavy (non-hydrogen) atoms. The van der Waals surface area contributed by atoms with Gasteiger partial charge in [0.05, 0.1) is 0 Å². The number of sulfone groups is 1. The molecular weight excluding hydrogens is 254 g/mol. The second-order valence-corrected chi connectivity index (χ2v) is 6.04. The Morgan fingerprint density at radius 2 is 2.22 bits per heavy atom. The summed E-state index contributed by atoms with van der Waals surface area (Å²) < 4.78 is 22.7. The van der Waals surface area contributed by atoms with E-state index in [0.717, 1.165) is 6.26 Å². The maximum absolute atomic E-state index is 11.4. The number of amides is 1. The first kappa shape index (κ1) is 14.6. The van der Waals surface area contributed by atoms with Crippen molar-refractivity contribution in [3.63, 3.8) is 0 Å². The van der Waals surface area contributed by atoms with Crippen molar-refractivity contribution >= 4 is 15.7 Å². The van der Waals surface area contributed by atoms with Gasteiger partial charge in [-0.3, -0.25) is 4.79 Å². The van der Waals surface area contributed by atoms with E-state index in [2.05, 4.69) is 10.3 Å². The molecule has 0 aliphatic rings. The summed E-state index contributed by atoms with van der Waals surface area (Å²) in [6, 6.07) is 2.81. The number of aromatic nitrogens is 1. The highest BCUT2D eigenvalue weighted by atomic mass is 32.2. The Morgan fingerprint density at radius 3 is 2.78 bits per heavy atom. The fourth-order valence-corrected chi connectivity index (χ4v) is 2.03. The molecule has 0 spiro atoms. The molecule has 1 atom stereocenters. The zero-order chi connectivity index (χ0) is 13.8. The lowest BCUT2D eigenvalue weighted by Crippen LogP contribution is -2.24. The Balaban J connectivity index is 2.74. The molecule has 0 fully saturated rings. The normalized spacial score (nSPS) is 13.1. The highest BCUT2D eigenvalue weighted by Crippen LogP contribution is 2.16. The average molecular weight is 271 g/mol. The van der Waals surface area contributed by atoms with Crippen LogP contribution in [-0.4, -0.2) is 32.1 Å². The SMILES string of the molecule is CC(=O)NCC[C@H](N)c1ccnc(S(C)(=O)=O)c1. The third kappa shape index (κ3) is 4.42. The summed E-state index contributed by atoms with van der Waals surface area (Å²) in [4.78, 5) is 14.5. The van der Waals surface area contributed by atoms with E-state index in [0.29, 0.717) is 18.5 Å². The van der Waals surface area contributed by atoms with Crippen LogP contribution in [0.5, 0.6) is 0 Å². The van der Waals surface area contributed by atoms with E-state index in [1.54, 1.807) is 6.07 Å². The van der Waals surface area contributed by atoms with E-state index in [1.807, 2.05) is 0 Å². The van der Waals surface area contributed by atoms with Gasteiger partial charge in [-0.05, 0) is 24.1 Å². The van der Waals surface area contributed by atoms with E-state index in [4.69, 9.17) is 5.73 Å². The van der Waals surface area contributed by atoms with Crippen molar-refractivity contribution in [3.8, 4) is 0 Å². The summed E-state index contributed by atoms with van der Waals surface area (Å²) in [7, 11) is -3.33. The monoisotopic (exact) mass is 271 g/mol. The molecule has 0 unspecified atom stereocenters. The fourth-order valence-electron chi connectivity index (χ4n) is 1.43. The van der Waals surface area contributed by atoms with Gasteiger partial charge < -0.3 is 11.1 Å². The largest absolute Gasteiger partial charge is 0.356 e. The zero-order valence-corrected chi connectivity index (χ0v) is 11.2. The minimum atomic E-state index is -3.33. The van der Waals surface area contributed by atoms with Crippen LogP contribution >= 0.6 is 0 Å². The van der Waals surface area contributed by atoms with Crippen LogP contribution in [0.2, 0.25) is 0 Å². The molecule has 1 heterocycles. The maximum Gasteiger partial charge on any atom is 0.216 e. The number of rotatable bonds is 5. The van der Waals surface area contributed by atoms with E-state index in [9.17, 15) is 13.2 Å².